The van der Waals surface area contributed by atoms with E-state index in [0.29, 0.717) is 6.54 Å². The summed E-state index contributed by atoms with van der Waals surface area (Å²) < 4.78 is 5.62. The summed E-state index contributed by atoms with van der Waals surface area (Å²) in [6, 6.07) is 15.9. The van der Waals surface area contributed by atoms with E-state index >= 15 is 0 Å². The summed E-state index contributed by atoms with van der Waals surface area (Å²) in [7, 11) is 0. The number of ether oxygens (including phenoxy) is 1. The maximum absolute atomic E-state index is 13.1. The van der Waals surface area contributed by atoms with E-state index in [1.807, 2.05) is 24.3 Å². The number of likely N-dealkylation sites (tertiary alicyclic amines) is 1. The van der Waals surface area contributed by atoms with Gasteiger partial charge < -0.3 is 20.1 Å². The van der Waals surface area contributed by atoms with Crippen LogP contribution < -0.4 is 5.32 Å². The number of carbonyl (C=O) groups is 3. The first-order valence-electron chi connectivity index (χ1n) is 12.4. The molecule has 1 heterocycles. The Morgan fingerprint density at radius 1 is 1.06 bits per heavy atom. The van der Waals surface area contributed by atoms with Gasteiger partial charge in [-0.3, -0.25) is 9.59 Å². The van der Waals surface area contributed by atoms with Gasteiger partial charge in [0.25, 0.3) is 0 Å². The minimum absolute atomic E-state index is 0.0290. The maximum atomic E-state index is 13.1. The molecule has 5 rings (SSSR count). The Morgan fingerprint density at radius 2 is 1.66 bits per heavy atom. The number of carboxylic acids is 1. The van der Waals surface area contributed by atoms with Crippen molar-refractivity contribution in [1.29, 1.82) is 0 Å². The maximum Gasteiger partial charge on any atom is 0.407 e. The first-order chi connectivity index (χ1) is 16.8. The Bertz CT molecular complexity index is 1110. The molecule has 3 aliphatic rings. The van der Waals surface area contributed by atoms with E-state index in [9.17, 15) is 19.5 Å². The molecule has 3 atom stereocenters. The highest BCUT2D eigenvalue weighted by molar-refractivity contribution is 5.82. The molecule has 2 fully saturated rings. The second kappa shape index (κ2) is 9.02. The molecule has 1 spiro atoms. The monoisotopic (exact) mass is 476 g/mol. The second-order valence-electron chi connectivity index (χ2n) is 10.4. The van der Waals surface area contributed by atoms with Crippen LogP contribution in [-0.4, -0.2) is 53.7 Å². The molecular formula is C28H32N2O5. The highest BCUT2D eigenvalue weighted by Gasteiger charge is 2.55. The number of benzene rings is 2. The van der Waals surface area contributed by atoms with Gasteiger partial charge in [-0.05, 0) is 42.0 Å². The summed E-state index contributed by atoms with van der Waals surface area (Å²) in [5.41, 5.74) is 4.35. The van der Waals surface area contributed by atoms with Crippen molar-refractivity contribution in [3.63, 3.8) is 0 Å². The van der Waals surface area contributed by atoms with E-state index in [-0.39, 0.29) is 30.4 Å². The van der Waals surface area contributed by atoms with Gasteiger partial charge in [0.1, 0.15) is 6.61 Å². The molecule has 0 bridgehead atoms. The van der Waals surface area contributed by atoms with Crippen LogP contribution in [0.1, 0.15) is 50.2 Å². The summed E-state index contributed by atoms with van der Waals surface area (Å²) in [5, 5.41) is 12.5. The Balaban J connectivity index is 1.18. The fourth-order valence-corrected chi connectivity index (χ4v) is 6.07. The second-order valence-corrected chi connectivity index (χ2v) is 10.4. The minimum atomic E-state index is -0.822. The predicted molar refractivity (Wildman–Crippen MR) is 131 cm³/mol. The molecular weight excluding hydrogens is 444 g/mol. The molecule has 35 heavy (non-hydrogen) atoms. The van der Waals surface area contributed by atoms with E-state index in [1.165, 1.54) is 11.1 Å². The van der Waals surface area contributed by atoms with E-state index in [1.54, 1.807) is 18.7 Å². The van der Waals surface area contributed by atoms with Gasteiger partial charge in [0.05, 0.1) is 11.8 Å². The van der Waals surface area contributed by atoms with Crippen LogP contribution in [0.5, 0.6) is 0 Å². The quantitative estimate of drug-likeness (QED) is 0.649. The lowest BCUT2D eigenvalue weighted by Gasteiger charge is -2.41. The SMILES string of the molecule is CC(NC(=O)OCC1c2ccccc2-c2ccccc21)C(C)C(=O)N1CC(C(=O)O)C2(CCC2)C1. The highest BCUT2D eigenvalue weighted by atomic mass is 16.5. The molecule has 2 aromatic rings. The molecule has 1 aliphatic heterocycles. The Hall–Kier alpha value is -3.35. The zero-order chi connectivity index (χ0) is 24.7. The van der Waals surface area contributed by atoms with Crippen LogP contribution in [0.3, 0.4) is 0 Å². The van der Waals surface area contributed by atoms with Gasteiger partial charge in [0.15, 0.2) is 0 Å². The first-order valence-corrected chi connectivity index (χ1v) is 12.4. The number of hydrogen-bond acceptors (Lipinski definition) is 4. The molecule has 7 heteroatoms. The van der Waals surface area contributed by atoms with Crippen molar-refractivity contribution in [2.45, 2.75) is 45.1 Å². The van der Waals surface area contributed by atoms with Gasteiger partial charge in [0.2, 0.25) is 5.91 Å². The van der Waals surface area contributed by atoms with Crippen LogP contribution in [0.2, 0.25) is 0 Å². The van der Waals surface area contributed by atoms with Gasteiger partial charge >= 0.3 is 12.1 Å². The Morgan fingerprint density at radius 3 is 2.17 bits per heavy atom. The van der Waals surface area contributed by atoms with E-state index < -0.39 is 29.9 Å². The Kier molecular flexibility index (Phi) is 6.03. The molecule has 0 aromatic heterocycles. The first kappa shape index (κ1) is 23.4. The van der Waals surface area contributed by atoms with Crippen LogP contribution in [0.25, 0.3) is 11.1 Å². The van der Waals surface area contributed by atoms with Gasteiger partial charge in [-0.2, -0.15) is 0 Å². The fraction of sp³-hybridized carbons (Fsp3) is 0.464. The number of carboxylic acid groups (broad SMARTS) is 1. The number of nitrogens with zero attached hydrogens (tertiary/aromatic N) is 1. The number of nitrogens with one attached hydrogen (secondary N) is 1. The lowest BCUT2D eigenvalue weighted by molar-refractivity contribution is -0.146. The van der Waals surface area contributed by atoms with E-state index in [0.717, 1.165) is 30.4 Å². The summed E-state index contributed by atoms with van der Waals surface area (Å²) >= 11 is 0. The predicted octanol–water partition coefficient (Wildman–Crippen LogP) is 4.26. The minimum Gasteiger partial charge on any atom is -0.481 e. The van der Waals surface area contributed by atoms with Crippen molar-refractivity contribution in [3.8, 4) is 11.1 Å². The third-order valence-electron chi connectivity index (χ3n) is 8.44. The number of amides is 2. The van der Waals surface area contributed by atoms with Gasteiger partial charge in [-0.15, -0.1) is 0 Å². The average Bonchev–Trinajstić information content (AvgIpc) is 3.39. The van der Waals surface area contributed by atoms with E-state index in [4.69, 9.17) is 4.74 Å². The van der Waals surface area contributed by atoms with Gasteiger partial charge in [-0.1, -0.05) is 61.9 Å². The lowest BCUT2D eigenvalue weighted by atomic mass is 9.63. The zero-order valence-electron chi connectivity index (χ0n) is 20.2. The van der Waals surface area contributed by atoms with Crippen LogP contribution in [-0.2, 0) is 14.3 Å². The van der Waals surface area contributed by atoms with Crippen LogP contribution >= 0.6 is 0 Å². The largest absolute Gasteiger partial charge is 0.481 e. The fourth-order valence-electron chi connectivity index (χ4n) is 6.07. The Labute approximate surface area is 205 Å². The topological polar surface area (TPSA) is 95.9 Å². The number of aliphatic carboxylic acids is 1. The van der Waals surface area contributed by atoms with Crippen LogP contribution in [0.4, 0.5) is 4.79 Å². The van der Waals surface area contributed by atoms with Crippen molar-refractivity contribution >= 4 is 18.0 Å². The molecule has 2 aliphatic carbocycles. The smallest absolute Gasteiger partial charge is 0.407 e. The van der Waals surface area contributed by atoms with Gasteiger partial charge in [-0.25, -0.2) is 4.79 Å². The van der Waals surface area contributed by atoms with Crippen molar-refractivity contribution in [3.05, 3.63) is 59.7 Å². The third kappa shape index (κ3) is 4.07. The van der Waals surface area contributed by atoms with Crippen molar-refractivity contribution in [1.82, 2.24) is 10.2 Å². The standard InChI is InChI=1S/C28H32N2O5/c1-17(25(31)30-14-24(26(32)33)28(16-30)12-7-13-28)18(2)29-27(34)35-15-23-21-10-5-3-8-19(21)20-9-4-6-11-22(20)23/h3-6,8-11,17-18,23-24H,7,12-16H2,1-2H3,(H,29,34)(H,32,33). The summed E-state index contributed by atoms with van der Waals surface area (Å²) in [6.07, 6.45) is 2.17. The summed E-state index contributed by atoms with van der Waals surface area (Å²) in [6.45, 7) is 4.51. The van der Waals surface area contributed by atoms with Gasteiger partial charge in [0, 0.05) is 30.5 Å². The molecule has 3 unspecified atom stereocenters. The van der Waals surface area contributed by atoms with Crippen LogP contribution in [0.15, 0.2) is 48.5 Å². The molecule has 1 saturated heterocycles. The summed E-state index contributed by atoms with van der Waals surface area (Å²) in [4.78, 5) is 39.2. The summed E-state index contributed by atoms with van der Waals surface area (Å²) in [5.74, 6) is -1.96. The third-order valence-corrected chi connectivity index (χ3v) is 8.44. The molecule has 2 amide bonds. The lowest BCUT2D eigenvalue weighted by Crippen LogP contribution is -2.46. The number of alkyl carbamates (subject to hydrolysis) is 1. The number of hydrogen-bond donors (Lipinski definition) is 2. The number of carbonyl (C=O) groups excluding carboxylic acids is 2. The van der Waals surface area contributed by atoms with Crippen molar-refractivity contribution in [2.75, 3.05) is 19.7 Å². The normalized spacial score (nSPS) is 21.5. The van der Waals surface area contributed by atoms with Crippen LogP contribution in [0, 0.1) is 17.3 Å². The molecule has 1 saturated carbocycles. The highest BCUT2D eigenvalue weighted by Crippen LogP contribution is 2.52. The van der Waals surface area contributed by atoms with Crippen molar-refractivity contribution < 1.29 is 24.2 Å². The molecule has 184 valence electrons. The number of fused-ring (bicyclic) bond motifs is 3. The molecule has 2 aromatic carbocycles. The average molecular weight is 477 g/mol. The zero-order valence-corrected chi connectivity index (χ0v) is 20.2. The number of rotatable bonds is 6. The molecule has 2 N–H and O–H groups in total. The van der Waals surface area contributed by atoms with Crippen molar-refractivity contribution in [2.24, 2.45) is 17.3 Å². The van der Waals surface area contributed by atoms with E-state index in [2.05, 4.69) is 29.6 Å². The molecule has 7 nitrogen and oxygen atoms in total. The molecule has 0 radical (unpaired) electrons.